The minimum Gasteiger partial charge on any atom is -0.392 e. The summed E-state index contributed by atoms with van der Waals surface area (Å²) >= 11 is 0. The number of hydrogen-bond donors (Lipinski definition) is 1. The smallest absolute Gasteiger partial charge is 0.0704 e. The van der Waals surface area contributed by atoms with Gasteiger partial charge in [0.25, 0.3) is 0 Å². The predicted octanol–water partition coefficient (Wildman–Crippen LogP) is 3.58. The second-order valence-corrected chi connectivity index (χ2v) is 10.5. The number of anilines is 1. The highest BCUT2D eigenvalue weighted by Gasteiger charge is 2.72. The minimum atomic E-state index is -0.221. The maximum absolute atomic E-state index is 12.0. The largest absolute Gasteiger partial charge is 0.392 e. The molecule has 3 fully saturated rings. The van der Waals surface area contributed by atoms with Gasteiger partial charge in [-0.25, -0.2) is 0 Å². The molecule has 1 aliphatic carbocycles. The molecular weight excluding hydrogens is 370 g/mol. The lowest BCUT2D eigenvalue weighted by molar-refractivity contribution is -0.0374. The minimum absolute atomic E-state index is 0.0702. The van der Waals surface area contributed by atoms with Gasteiger partial charge in [-0.1, -0.05) is 52.3 Å². The topological polar surface area (TPSA) is 30.0 Å². The highest BCUT2D eigenvalue weighted by atomic mass is 16.3. The van der Waals surface area contributed by atoms with Crippen molar-refractivity contribution in [1.29, 1.82) is 0 Å². The Balaban J connectivity index is 1.57. The molecule has 166 valence electrons. The van der Waals surface area contributed by atoms with E-state index in [1.165, 1.54) is 24.1 Å². The molecule has 4 aliphatic rings. The van der Waals surface area contributed by atoms with Gasteiger partial charge in [0.15, 0.2) is 0 Å². The fourth-order valence-electron chi connectivity index (χ4n) is 8.18. The predicted molar refractivity (Wildman–Crippen MR) is 124 cm³/mol. The van der Waals surface area contributed by atoms with Crippen molar-refractivity contribution in [3.05, 3.63) is 29.8 Å². The van der Waals surface area contributed by atoms with Gasteiger partial charge < -0.3 is 14.9 Å². The van der Waals surface area contributed by atoms with Gasteiger partial charge in [-0.05, 0) is 49.4 Å². The zero-order valence-corrected chi connectivity index (χ0v) is 19.6. The van der Waals surface area contributed by atoms with Crippen LogP contribution in [0, 0.1) is 17.8 Å². The highest BCUT2D eigenvalue weighted by Crippen LogP contribution is 2.66. The average molecular weight is 412 g/mol. The van der Waals surface area contributed by atoms with E-state index in [9.17, 15) is 5.11 Å². The first kappa shape index (κ1) is 20.8. The molecule has 1 aromatic rings. The summed E-state index contributed by atoms with van der Waals surface area (Å²) in [6.45, 7) is 13.9. The summed E-state index contributed by atoms with van der Waals surface area (Å²) in [5.74, 6) is 1.75. The maximum Gasteiger partial charge on any atom is 0.0704 e. The van der Waals surface area contributed by atoms with E-state index < -0.39 is 0 Å². The van der Waals surface area contributed by atoms with E-state index in [0.717, 1.165) is 32.6 Å². The first-order valence-electron chi connectivity index (χ1n) is 12.5. The fourth-order valence-corrected chi connectivity index (χ4v) is 8.18. The lowest BCUT2D eigenvalue weighted by Gasteiger charge is -2.55. The van der Waals surface area contributed by atoms with E-state index in [2.05, 4.69) is 73.7 Å². The molecule has 30 heavy (non-hydrogen) atoms. The van der Waals surface area contributed by atoms with Gasteiger partial charge >= 0.3 is 0 Å². The lowest BCUT2D eigenvalue weighted by Crippen LogP contribution is -2.66. The second-order valence-electron chi connectivity index (χ2n) is 10.5. The number of rotatable bonds is 7. The molecule has 2 saturated heterocycles. The van der Waals surface area contributed by atoms with Crippen LogP contribution in [0.1, 0.15) is 52.5 Å². The van der Waals surface area contributed by atoms with E-state index in [0.29, 0.717) is 35.9 Å². The van der Waals surface area contributed by atoms with Gasteiger partial charge in [0.2, 0.25) is 0 Å². The third kappa shape index (κ3) is 2.56. The van der Waals surface area contributed by atoms with Crippen molar-refractivity contribution in [3.63, 3.8) is 0 Å². The van der Waals surface area contributed by atoms with E-state index in [-0.39, 0.29) is 11.5 Å². The summed E-state index contributed by atoms with van der Waals surface area (Å²) in [7, 11) is 2.29. The molecule has 3 aliphatic heterocycles. The zero-order valence-electron chi connectivity index (χ0n) is 19.6. The quantitative estimate of drug-likeness (QED) is 0.743. The van der Waals surface area contributed by atoms with Gasteiger partial charge in [-0.3, -0.25) is 4.90 Å². The highest BCUT2D eigenvalue weighted by molar-refractivity contribution is 5.67. The molecule has 0 radical (unpaired) electrons. The molecule has 1 N–H and O–H groups in total. The molecule has 0 aromatic heterocycles. The van der Waals surface area contributed by atoms with Crippen molar-refractivity contribution in [1.82, 2.24) is 9.80 Å². The Kier molecular flexibility index (Phi) is 5.19. The Morgan fingerprint density at radius 3 is 2.60 bits per heavy atom. The number of benzene rings is 1. The van der Waals surface area contributed by atoms with Crippen LogP contribution in [0.2, 0.25) is 0 Å². The number of nitrogens with zero attached hydrogens (tertiary/aromatic N) is 3. The number of aliphatic hydroxyl groups excluding tert-OH is 1. The van der Waals surface area contributed by atoms with Crippen LogP contribution in [0.4, 0.5) is 5.69 Å². The summed E-state index contributed by atoms with van der Waals surface area (Å²) in [6.07, 6.45) is 3.38. The van der Waals surface area contributed by atoms with Crippen molar-refractivity contribution >= 4 is 5.69 Å². The molecule has 1 spiro atoms. The first-order chi connectivity index (χ1) is 14.5. The number of aliphatic hydroxyl groups is 1. The van der Waals surface area contributed by atoms with Crippen LogP contribution in [-0.4, -0.2) is 72.4 Å². The van der Waals surface area contributed by atoms with Crippen molar-refractivity contribution in [2.45, 2.75) is 76.6 Å². The zero-order chi connectivity index (χ0) is 21.2. The Labute approximate surface area is 183 Å². The molecule has 5 rings (SSSR count). The Morgan fingerprint density at radius 1 is 1.17 bits per heavy atom. The Bertz CT molecular complexity index is 779. The maximum atomic E-state index is 12.0. The van der Waals surface area contributed by atoms with Crippen molar-refractivity contribution in [2.24, 2.45) is 17.8 Å². The molecule has 1 aromatic carbocycles. The van der Waals surface area contributed by atoms with Gasteiger partial charge in [0.05, 0.1) is 12.1 Å². The van der Waals surface area contributed by atoms with Crippen molar-refractivity contribution < 1.29 is 5.11 Å². The van der Waals surface area contributed by atoms with Gasteiger partial charge in [-0.15, -0.1) is 0 Å². The van der Waals surface area contributed by atoms with Crippen molar-refractivity contribution in [3.8, 4) is 0 Å². The normalized spacial score (nSPS) is 40.2. The summed E-state index contributed by atoms with van der Waals surface area (Å²) in [4.78, 5) is 7.95. The Hall–Kier alpha value is -1.10. The van der Waals surface area contributed by atoms with E-state index in [4.69, 9.17) is 0 Å². The third-order valence-electron chi connectivity index (χ3n) is 9.78. The molecule has 1 saturated carbocycles. The molecular formula is C26H41N3O. The molecule has 8 atom stereocenters. The van der Waals surface area contributed by atoms with Crippen molar-refractivity contribution in [2.75, 3.05) is 38.1 Å². The molecule has 1 unspecified atom stereocenters. The van der Waals surface area contributed by atoms with Crippen LogP contribution in [0.15, 0.2) is 24.3 Å². The number of para-hydroxylation sites is 1. The SMILES string of the molecule is CC[C@H](C)[C@@H]1C[C@H]2[C@@H]3N(C)c4ccccc4[C@]34C[C@@H](C1[C@H]4O)N2CCN(CC)CC. The van der Waals surface area contributed by atoms with Crippen LogP contribution in [0.25, 0.3) is 0 Å². The molecule has 4 heteroatoms. The molecule has 3 heterocycles. The van der Waals surface area contributed by atoms with Gasteiger partial charge in [0, 0.05) is 49.2 Å². The number of hydrogen-bond acceptors (Lipinski definition) is 4. The van der Waals surface area contributed by atoms with E-state index in [1.54, 1.807) is 0 Å². The van der Waals surface area contributed by atoms with Crippen LogP contribution in [-0.2, 0) is 5.41 Å². The summed E-state index contributed by atoms with van der Waals surface area (Å²) in [6, 6.07) is 10.4. The number of likely N-dealkylation sites (N-methyl/N-ethyl adjacent to an activating group) is 2. The van der Waals surface area contributed by atoms with E-state index >= 15 is 0 Å². The fraction of sp³-hybridized carbons (Fsp3) is 0.769. The standard InChI is InChI=1S/C26H41N3O/c1-6-17(4)18-15-21-24-26(19-11-9-10-12-20(19)27(24)5)16-22(23(18)25(26)30)29(21)14-13-28(7-2)8-3/h9-12,17-18,21-25,30H,6-8,13-16H2,1-5H3/t17-,18-,21-,22-,23?,24-,25+,26+/m0/s1. The number of fused-ring (bicyclic) bond motifs is 3. The second kappa shape index (κ2) is 7.50. The van der Waals surface area contributed by atoms with Crippen LogP contribution in [0.5, 0.6) is 0 Å². The molecule has 0 amide bonds. The third-order valence-corrected chi connectivity index (χ3v) is 9.78. The van der Waals surface area contributed by atoms with Gasteiger partial charge in [-0.2, -0.15) is 0 Å². The summed E-state index contributed by atoms with van der Waals surface area (Å²) in [5, 5.41) is 12.0. The summed E-state index contributed by atoms with van der Waals surface area (Å²) < 4.78 is 0. The number of piperidine rings is 2. The van der Waals surface area contributed by atoms with Gasteiger partial charge in [0.1, 0.15) is 0 Å². The Morgan fingerprint density at radius 2 is 1.90 bits per heavy atom. The monoisotopic (exact) mass is 411 g/mol. The lowest BCUT2D eigenvalue weighted by atomic mass is 9.67. The average Bonchev–Trinajstić information content (AvgIpc) is 3.14. The molecule has 3 bridgehead atoms. The summed E-state index contributed by atoms with van der Waals surface area (Å²) in [5.41, 5.74) is 2.72. The molecule has 4 nitrogen and oxygen atoms in total. The van der Waals surface area contributed by atoms with E-state index in [1.807, 2.05) is 0 Å². The van der Waals surface area contributed by atoms with Crippen LogP contribution >= 0.6 is 0 Å². The first-order valence-corrected chi connectivity index (χ1v) is 12.5. The van der Waals surface area contributed by atoms with Crippen LogP contribution in [0.3, 0.4) is 0 Å². The van der Waals surface area contributed by atoms with Crippen LogP contribution < -0.4 is 4.90 Å².